The molecule has 190 valence electrons. The van der Waals surface area contributed by atoms with Crippen LogP contribution in [0.1, 0.15) is 51.5 Å². The van der Waals surface area contributed by atoms with Crippen molar-refractivity contribution in [2.24, 2.45) is 0 Å². The van der Waals surface area contributed by atoms with Gasteiger partial charge in [-0.1, -0.05) is 25.1 Å². The first kappa shape index (κ1) is 24.2. The highest BCUT2D eigenvalue weighted by atomic mass is 16.5. The minimum Gasteiger partial charge on any atom is -0.489 e. The molecule has 0 radical (unpaired) electrons. The Bertz CT molecular complexity index is 1260. The van der Waals surface area contributed by atoms with Crippen molar-refractivity contribution in [1.29, 1.82) is 0 Å². The second-order valence-corrected chi connectivity index (χ2v) is 9.97. The van der Waals surface area contributed by atoms with Crippen molar-refractivity contribution in [2.45, 2.75) is 63.5 Å². The second kappa shape index (κ2) is 9.89. The molecule has 5 rings (SSSR count). The lowest BCUT2D eigenvalue weighted by molar-refractivity contribution is -0.133. The van der Waals surface area contributed by atoms with Crippen molar-refractivity contribution in [2.75, 3.05) is 24.6 Å². The molecule has 1 unspecified atom stereocenters. The number of para-hydroxylation sites is 1. The molecule has 9 nitrogen and oxygen atoms in total. The summed E-state index contributed by atoms with van der Waals surface area (Å²) in [5.74, 6) is 0.499. The maximum atomic E-state index is 13.8. The Balaban J connectivity index is 1.31. The Morgan fingerprint density at radius 1 is 1.33 bits per heavy atom. The molecule has 0 bridgehead atoms. The van der Waals surface area contributed by atoms with Crippen molar-refractivity contribution in [3.05, 3.63) is 48.3 Å². The molecular formula is C27H33N5O4. The first-order valence-corrected chi connectivity index (χ1v) is 12.7. The van der Waals surface area contributed by atoms with Gasteiger partial charge in [0.2, 0.25) is 11.8 Å². The average molecular weight is 492 g/mol. The Hall–Kier alpha value is -3.46. The van der Waals surface area contributed by atoms with Crippen LogP contribution in [0.2, 0.25) is 0 Å². The van der Waals surface area contributed by atoms with Gasteiger partial charge in [0.25, 0.3) is 0 Å². The highest BCUT2D eigenvalue weighted by molar-refractivity contribution is 6.10. The number of likely N-dealkylation sites (tertiary alicyclic amines) is 1. The van der Waals surface area contributed by atoms with Crippen molar-refractivity contribution in [3.8, 4) is 5.75 Å². The molecule has 3 atom stereocenters. The van der Waals surface area contributed by atoms with Crippen LogP contribution in [0.3, 0.4) is 0 Å². The summed E-state index contributed by atoms with van der Waals surface area (Å²) in [6.45, 7) is 4.61. The zero-order valence-corrected chi connectivity index (χ0v) is 20.8. The number of benzene rings is 1. The van der Waals surface area contributed by atoms with Gasteiger partial charge in [-0.2, -0.15) is 5.10 Å². The third-order valence-electron chi connectivity index (χ3n) is 7.70. The van der Waals surface area contributed by atoms with E-state index in [1.54, 1.807) is 22.2 Å². The van der Waals surface area contributed by atoms with E-state index >= 15 is 0 Å². The van der Waals surface area contributed by atoms with Crippen molar-refractivity contribution < 1.29 is 19.4 Å². The summed E-state index contributed by atoms with van der Waals surface area (Å²) in [7, 11) is 0. The number of ether oxygens (including phenoxy) is 1. The number of aromatic amines is 1. The molecular weight excluding hydrogens is 458 g/mol. The predicted molar refractivity (Wildman–Crippen MR) is 136 cm³/mol. The summed E-state index contributed by atoms with van der Waals surface area (Å²) in [6.07, 6.45) is 7.05. The zero-order valence-electron chi connectivity index (χ0n) is 20.8. The lowest BCUT2D eigenvalue weighted by Crippen LogP contribution is -2.47. The van der Waals surface area contributed by atoms with Gasteiger partial charge in [0.1, 0.15) is 12.3 Å². The Morgan fingerprint density at radius 3 is 2.97 bits per heavy atom. The summed E-state index contributed by atoms with van der Waals surface area (Å²) in [6, 6.07) is 9.50. The molecule has 2 aromatic heterocycles. The molecule has 0 saturated carbocycles. The molecule has 2 N–H and O–H groups in total. The Morgan fingerprint density at radius 2 is 2.17 bits per heavy atom. The van der Waals surface area contributed by atoms with Crippen LogP contribution in [0, 0.1) is 0 Å². The molecule has 0 spiro atoms. The monoisotopic (exact) mass is 491 g/mol. The molecule has 2 aliphatic rings. The topological polar surface area (TPSA) is 112 Å². The molecule has 9 heteroatoms. The largest absolute Gasteiger partial charge is 0.489 e. The van der Waals surface area contributed by atoms with Gasteiger partial charge in [0.15, 0.2) is 5.65 Å². The number of anilines is 1. The fourth-order valence-electron chi connectivity index (χ4n) is 5.55. The van der Waals surface area contributed by atoms with Crippen LogP contribution in [0.5, 0.6) is 5.75 Å². The minimum atomic E-state index is -0.748. The molecule has 2 amide bonds. The summed E-state index contributed by atoms with van der Waals surface area (Å²) < 4.78 is 6.24. The van der Waals surface area contributed by atoms with E-state index in [2.05, 4.69) is 22.1 Å². The number of rotatable bonds is 9. The van der Waals surface area contributed by atoms with E-state index in [-0.39, 0.29) is 37.1 Å². The van der Waals surface area contributed by atoms with Crippen LogP contribution in [0.4, 0.5) is 5.69 Å². The number of amides is 2. The van der Waals surface area contributed by atoms with Crippen LogP contribution in [-0.4, -0.2) is 68.8 Å². The van der Waals surface area contributed by atoms with Gasteiger partial charge < -0.3 is 19.6 Å². The van der Waals surface area contributed by atoms with Gasteiger partial charge in [-0.3, -0.25) is 14.7 Å². The highest BCUT2D eigenvalue weighted by Crippen LogP contribution is 2.45. The summed E-state index contributed by atoms with van der Waals surface area (Å²) >= 11 is 0. The number of nitrogens with zero attached hydrogens (tertiary/aromatic N) is 4. The van der Waals surface area contributed by atoms with Crippen LogP contribution < -0.4 is 9.64 Å². The van der Waals surface area contributed by atoms with E-state index in [1.165, 1.54) is 0 Å². The Labute approximate surface area is 210 Å². The Kier molecular flexibility index (Phi) is 6.66. The number of aromatic nitrogens is 3. The first-order chi connectivity index (χ1) is 17.4. The number of aliphatic hydroxyl groups is 1. The van der Waals surface area contributed by atoms with Gasteiger partial charge in [0.05, 0.1) is 36.6 Å². The van der Waals surface area contributed by atoms with Gasteiger partial charge in [0, 0.05) is 17.6 Å². The molecule has 1 fully saturated rings. The number of carbonyl (C=O) groups is 2. The first-order valence-electron chi connectivity index (χ1n) is 12.7. The maximum Gasteiger partial charge on any atom is 0.242 e. The smallest absolute Gasteiger partial charge is 0.242 e. The number of nitrogens with one attached hydrogen (secondary N) is 1. The number of hydrogen-bond acceptors (Lipinski definition) is 6. The van der Waals surface area contributed by atoms with E-state index in [1.807, 2.05) is 37.3 Å². The third kappa shape index (κ3) is 4.32. The summed E-state index contributed by atoms with van der Waals surface area (Å²) in [5.41, 5.74) is 1.70. The quantitative estimate of drug-likeness (QED) is 0.476. The number of fused-ring (bicyclic) bond motifs is 2. The molecule has 2 aliphatic heterocycles. The van der Waals surface area contributed by atoms with Gasteiger partial charge in [-0.15, -0.1) is 0 Å². The van der Waals surface area contributed by atoms with E-state index in [4.69, 9.17) is 4.74 Å². The van der Waals surface area contributed by atoms with Crippen LogP contribution >= 0.6 is 0 Å². The van der Waals surface area contributed by atoms with Crippen molar-refractivity contribution in [1.82, 2.24) is 20.1 Å². The molecule has 1 saturated heterocycles. The fraction of sp³-hybridized carbons (Fsp3) is 0.481. The molecule has 3 aromatic rings. The molecule has 1 aromatic carbocycles. The summed E-state index contributed by atoms with van der Waals surface area (Å²) in [4.78, 5) is 34.6. The lowest BCUT2D eigenvalue weighted by atomic mass is 9.79. The van der Waals surface area contributed by atoms with E-state index in [9.17, 15) is 14.7 Å². The van der Waals surface area contributed by atoms with Gasteiger partial charge in [-0.25, -0.2) is 4.98 Å². The SMILES string of the molecule is CCC(CC[C@]1(C)C(=O)N(CC(=O)N2CCC[C@@H]2CO)c2ccccc21)Oc1cnc2[nH]ncc2c1. The van der Waals surface area contributed by atoms with Crippen LogP contribution in [-0.2, 0) is 15.0 Å². The molecule has 0 aliphatic carbocycles. The van der Waals surface area contributed by atoms with E-state index in [0.29, 0.717) is 30.8 Å². The van der Waals surface area contributed by atoms with Gasteiger partial charge in [-0.05, 0) is 56.7 Å². The zero-order chi connectivity index (χ0) is 25.3. The number of hydrogen-bond donors (Lipinski definition) is 2. The predicted octanol–water partition coefficient (Wildman–Crippen LogP) is 3.18. The second-order valence-electron chi connectivity index (χ2n) is 9.97. The van der Waals surface area contributed by atoms with Crippen molar-refractivity contribution in [3.63, 3.8) is 0 Å². The number of pyridine rings is 1. The minimum absolute atomic E-state index is 0.00791. The standard InChI is InChI=1S/C27H33N5O4/c1-3-20(36-21-13-18-14-29-30-25(18)28-15-21)10-11-27(2)22-8-4-5-9-23(22)32(26(27)35)16-24(34)31-12-6-7-19(31)17-33/h4-5,8-9,13-15,19-20,33H,3,6-7,10-12,16-17H2,1-2H3,(H,28,29,30)/t19-,20?,27+/m1/s1. The maximum absolute atomic E-state index is 13.8. The lowest BCUT2D eigenvalue weighted by Gasteiger charge is -2.28. The number of aliphatic hydroxyl groups excluding tert-OH is 1. The number of H-pyrrole nitrogens is 1. The molecule has 36 heavy (non-hydrogen) atoms. The summed E-state index contributed by atoms with van der Waals surface area (Å²) in [5, 5.41) is 17.4. The molecule has 4 heterocycles. The van der Waals surface area contributed by atoms with Crippen molar-refractivity contribution >= 4 is 28.5 Å². The van der Waals surface area contributed by atoms with Gasteiger partial charge >= 0.3 is 0 Å². The van der Waals surface area contributed by atoms with E-state index < -0.39 is 5.41 Å². The number of carbonyl (C=O) groups excluding carboxylic acids is 2. The highest BCUT2D eigenvalue weighted by Gasteiger charge is 2.48. The third-order valence-corrected chi connectivity index (χ3v) is 7.70. The normalized spacial score (nSPS) is 22.3. The van der Waals surface area contributed by atoms with E-state index in [0.717, 1.165) is 35.9 Å². The van der Waals surface area contributed by atoms with Crippen LogP contribution in [0.25, 0.3) is 11.0 Å². The average Bonchev–Trinajstić information content (AvgIpc) is 3.61. The van der Waals surface area contributed by atoms with Crippen LogP contribution in [0.15, 0.2) is 42.7 Å². The fourth-order valence-corrected chi connectivity index (χ4v) is 5.55.